The number of nitrogens with one attached hydrogen (secondary N) is 1. The normalized spacial score (nSPS) is 11.1. The molecule has 0 bridgehead atoms. The summed E-state index contributed by atoms with van der Waals surface area (Å²) in [6.07, 6.45) is 0. The van der Waals surface area contributed by atoms with Crippen molar-refractivity contribution in [3.8, 4) is 5.75 Å². The first-order chi connectivity index (χ1) is 9.50. The van der Waals surface area contributed by atoms with Gasteiger partial charge in [0.1, 0.15) is 5.75 Å². The molecule has 0 aromatic heterocycles. The minimum Gasteiger partial charge on any atom is -0.495 e. The Morgan fingerprint density at radius 2 is 1.75 bits per heavy atom. The lowest BCUT2D eigenvalue weighted by Gasteiger charge is -2.11. The van der Waals surface area contributed by atoms with E-state index >= 15 is 0 Å². The number of para-hydroxylation sites is 2. The number of hydrogen-bond donors (Lipinski definition) is 2. The van der Waals surface area contributed by atoms with Gasteiger partial charge in [0.25, 0.3) is 0 Å². The van der Waals surface area contributed by atoms with E-state index in [0.717, 1.165) is 0 Å². The van der Waals surface area contributed by atoms with Gasteiger partial charge in [-0.25, -0.2) is 8.42 Å². The largest absolute Gasteiger partial charge is 0.495 e. The van der Waals surface area contributed by atoms with Crippen molar-refractivity contribution in [3.05, 3.63) is 54.1 Å². The van der Waals surface area contributed by atoms with Gasteiger partial charge in [-0.15, -0.1) is 0 Å². The minimum absolute atomic E-state index is 0.120. The van der Waals surface area contributed by atoms with E-state index in [4.69, 9.17) is 10.5 Å². The van der Waals surface area contributed by atoms with Gasteiger partial charge < -0.3 is 10.5 Å². The summed E-state index contributed by atoms with van der Waals surface area (Å²) in [6, 6.07) is 13.6. The summed E-state index contributed by atoms with van der Waals surface area (Å²) >= 11 is 0. The maximum absolute atomic E-state index is 12.1. The van der Waals surface area contributed by atoms with E-state index < -0.39 is 10.0 Å². The third-order valence-electron chi connectivity index (χ3n) is 2.71. The van der Waals surface area contributed by atoms with Crippen LogP contribution in [0.4, 0.5) is 11.4 Å². The van der Waals surface area contributed by atoms with Crippen LogP contribution in [-0.2, 0) is 15.8 Å². The third kappa shape index (κ3) is 3.64. The van der Waals surface area contributed by atoms with Crippen molar-refractivity contribution in [3.63, 3.8) is 0 Å². The number of benzene rings is 2. The molecule has 0 atom stereocenters. The zero-order chi connectivity index (χ0) is 14.6. The zero-order valence-electron chi connectivity index (χ0n) is 11.0. The second-order valence-corrected chi connectivity index (χ2v) is 6.03. The molecule has 0 amide bonds. The van der Waals surface area contributed by atoms with E-state index in [1.165, 1.54) is 7.11 Å². The Kier molecular flexibility index (Phi) is 4.14. The van der Waals surface area contributed by atoms with Crippen LogP contribution in [-0.4, -0.2) is 15.5 Å². The molecule has 0 fully saturated rings. The molecule has 2 rings (SSSR count). The van der Waals surface area contributed by atoms with E-state index in [2.05, 4.69) is 4.72 Å². The first-order valence-corrected chi connectivity index (χ1v) is 7.63. The molecule has 2 aromatic carbocycles. The first kappa shape index (κ1) is 14.2. The van der Waals surface area contributed by atoms with Gasteiger partial charge in [0.15, 0.2) is 0 Å². The monoisotopic (exact) mass is 292 g/mol. The van der Waals surface area contributed by atoms with Crippen molar-refractivity contribution in [2.45, 2.75) is 5.75 Å². The minimum atomic E-state index is -3.50. The molecule has 5 nitrogen and oxygen atoms in total. The molecule has 6 heteroatoms. The van der Waals surface area contributed by atoms with Gasteiger partial charge in [0, 0.05) is 5.69 Å². The maximum Gasteiger partial charge on any atom is 0.237 e. The molecule has 0 aliphatic carbocycles. The smallest absolute Gasteiger partial charge is 0.237 e. The molecule has 3 N–H and O–H groups in total. The second kappa shape index (κ2) is 5.83. The molecule has 106 valence electrons. The average molecular weight is 292 g/mol. The quantitative estimate of drug-likeness (QED) is 0.828. The van der Waals surface area contributed by atoms with Crippen molar-refractivity contribution < 1.29 is 13.2 Å². The maximum atomic E-state index is 12.1. The second-order valence-electron chi connectivity index (χ2n) is 4.30. The highest BCUT2D eigenvalue weighted by atomic mass is 32.2. The Hall–Kier alpha value is -2.21. The summed E-state index contributed by atoms with van der Waals surface area (Å²) in [6.45, 7) is 0. The van der Waals surface area contributed by atoms with Gasteiger partial charge in [0.2, 0.25) is 10.0 Å². The fraction of sp³-hybridized carbons (Fsp3) is 0.143. The lowest BCUT2D eigenvalue weighted by Crippen LogP contribution is -2.15. The SMILES string of the molecule is COc1ccccc1NS(=O)(=O)Cc1ccc(N)cc1. The van der Waals surface area contributed by atoms with E-state index in [1.54, 1.807) is 48.5 Å². The summed E-state index contributed by atoms with van der Waals surface area (Å²) in [5, 5.41) is 0. The Morgan fingerprint density at radius 1 is 1.10 bits per heavy atom. The van der Waals surface area contributed by atoms with Crippen LogP contribution >= 0.6 is 0 Å². The van der Waals surface area contributed by atoms with Gasteiger partial charge in [-0.05, 0) is 29.8 Å². The molecular formula is C14H16N2O3S. The van der Waals surface area contributed by atoms with Crippen LogP contribution in [0.15, 0.2) is 48.5 Å². The van der Waals surface area contributed by atoms with E-state index in [9.17, 15) is 8.42 Å². The number of rotatable bonds is 5. The predicted octanol–water partition coefficient (Wildman–Crippen LogP) is 2.22. The van der Waals surface area contributed by atoms with E-state index in [0.29, 0.717) is 22.7 Å². The molecule has 0 spiro atoms. The first-order valence-electron chi connectivity index (χ1n) is 5.98. The van der Waals surface area contributed by atoms with Gasteiger partial charge in [0.05, 0.1) is 18.6 Å². The summed E-state index contributed by atoms with van der Waals surface area (Å²) in [4.78, 5) is 0. The van der Waals surface area contributed by atoms with Crippen molar-refractivity contribution in [1.82, 2.24) is 0 Å². The number of nitrogens with two attached hydrogens (primary N) is 1. The van der Waals surface area contributed by atoms with Crippen LogP contribution in [0.5, 0.6) is 5.75 Å². The summed E-state index contributed by atoms with van der Waals surface area (Å²) in [7, 11) is -2.01. The molecular weight excluding hydrogens is 276 g/mol. The predicted molar refractivity (Wildman–Crippen MR) is 80.1 cm³/mol. The number of nitrogen functional groups attached to an aromatic ring is 1. The van der Waals surface area contributed by atoms with Crippen molar-refractivity contribution >= 4 is 21.4 Å². The van der Waals surface area contributed by atoms with Crippen molar-refractivity contribution in [2.24, 2.45) is 0 Å². The van der Waals surface area contributed by atoms with Crippen LogP contribution in [0.1, 0.15) is 5.56 Å². The molecule has 2 aromatic rings. The number of sulfonamides is 1. The third-order valence-corrected chi connectivity index (χ3v) is 3.95. The Balaban J connectivity index is 2.17. The average Bonchev–Trinajstić information content (AvgIpc) is 2.41. The topological polar surface area (TPSA) is 81.4 Å². The Labute approximate surface area is 118 Å². The highest BCUT2D eigenvalue weighted by molar-refractivity contribution is 7.91. The molecule has 0 saturated heterocycles. The Bertz CT molecular complexity index is 682. The lowest BCUT2D eigenvalue weighted by atomic mass is 10.2. The van der Waals surface area contributed by atoms with Crippen LogP contribution in [0.2, 0.25) is 0 Å². The van der Waals surface area contributed by atoms with E-state index in [1.807, 2.05) is 0 Å². The van der Waals surface area contributed by atoms with Crippen LogP contribution in [0, 0.1) is 0 Å². The summed E-state index contributed by atoms with van der Waals surface area (Å²) < 4.78 is 31.9. The summed E-state index contributed by atoms with van der Waals surface area (Å²) in [5.41, 5.74) is 7.26. The molecule has 0 aliphatic rings. The zero-order valence-corrected chi connectivity index (χ0v) is 11.9. The van der Waals surface area contributed by atoms with Crippen LogP contribution in [0.25, 0.3) is 0 Å². The molecule has 0 heterocycles. The number of ether oxygens (including phenoxy) is 1. The van der Waals surface area contributed by atoms with Gasteiger partial charge in [-0.2, -0.15) is 0 Å². The van der Waals surface area contributed by atoms with Gasteiger partial charge in [-0.1, -0.05) is 24.3 Å². The number of anilines is 2. The lowest BCUT2D eigenvalue weighted by molar-refractivity contribution is 0.417. The Morgan fingerprint density at radius 3 is 2.40 bits per heavy atom. The molecule has 0 unspecified atom stereocenters. The van der Waals surface area contributed by atoms with Crippen molar-refractivity contribution in [1.29, 1.82) is 0 Å². The van der Waals surface area contributed by atoms with Gasteiger partial charge in [-0.3, -0.25) is 4.72 Å². The molecule has 0 saturated carbocycles. The fourth-order valence-electron chi connectivity index (χ4n) is 1.77. The highest BCUT2D eigenvalue weighted by Gasteiger charge is 2.14. The standard InChI is InChI=1S/C14H16N2O3S/c1-19-14-5-3-2-4-13(14)16-20(17,18)10-11-6-8-12(15)9-7-11/h2-9,16H,10,15H2,1H3. The molecule has 20 heavy (non-hydrogen) atoms. The number of methoxy groups -OCH3 is 1. The van der Waals surface area contributed by atoms with Crippen molar-refractivity contribution in [2.75, 3.05) is 17.6 Å². The van der Waals surface area contributed by atoms with Crippen LogP contribution in [0.3, 0.4) is 0 Å². The summed E-state index contributed by atoms with van der Waals surface area (Å²) in [5.74, 6) is 0.360. The number of hydrogen-bond acceptors (Lipinski definition) is 4. The van der Waals surface area contributed by atoms with Crippen LogP contribution < -0.4 is 15.2 Å². The van der Waals surface area contributed by atoms with Gasteiger partial charge >= 0.3 is 0 Å². The van der Waals surface area contributed by atoms with E-state index in [-0.39, 0.29) is 5.75 Å². The highest BCUT2D eigenvalue weighted by Crippen LogP contribution is 2.25. The fourth-order valence-corrected chi connectivity index (χ4v) is 2.97. The molecule has 0 radical (unpaired) electrons. The molecule has 0 aliphatic heterocycles.